The number of nitrogens with zero attached hydrogens (tertiary/aromatic N) is 1. The molecule has 1 heterocycles. The van der Waals surface area contributed by atoms with Crippen molar-refractivity contribution < 1.29 is 18.5 Å². The van der Waals surface area contributed by atoms with Crippen LogP contribution in [0.5, 0.6) is 0 Å². The molecule has 0 bridgehead atoms. The van der Waals surface area contributed by atoms with Crippen molar-refractivity contribution in [1.82, 2.24) is 0 Å². The van der Waals surface area contributed by atoms with Gasteiger partial charge in [0, 0.05) is 5.69 Å². The number of hydrogen-bond acceptors (Lipinski definition) is 5. The first-order chi connectivity index (χ1) is 8.97. The maximum absolute atomic E-state index is 13.4. The molecule has 2 rings (SSSR count). The van der Waals surface area contributed by atoms with Gasteiger partial charge in [-0.3, -0.25) is 14.9 Å². The number of hydrogen-bond donors (Lipinski definition) is 2. The molecule has 1 aromatic heterocycles. The number of nitrogens with two attached hydrogens (primary N) is 1. The first-order valence-corrected chi connectivity index (χ1v) is 5.08. The van der Waals surface area contributed by atoms with E-state index in [2.05, 4.69) is 9.73 Å². The van der Waals surface area contributed by atoms with Gasteiger partial charge in [-0.25, -0.2) is 4.39 Å². The van der Waals surface area contributed by atoms with Crippen LogP contribution in [0.3, 0.4) is 0 Å². The van der Waals surface area contributed by atoms with E-state index < -0.39 is 22.5 Å². The number of nitrogens with one attached hydrogen (secondary N) is 1. The average Bonchev–Trinajstić information content (AvgIpc) is 2.83. The van der Waals surface area contributed by atoms with Crippen molar-refractivity contribution in [1.29, 1.82) is 0 Å². The molecule has 19 heavy (non-hydrogen) atoms. The molecule has 0 spiro atoms. The highest BCUT2D eigenvalue weighted by Crippen LogP contribution is 2.20. The molecule has 2 aromatic rings. The van der Waals surface area contributed by atoms with Crippen LogP contribution in [0.2, 0.25) is 0 Å². The third-order valence-electron chi connectivity index (χ3n) is 2.23. The molecule has 3 N–H and O–H groups in total. The number of furan rings is 1. The predicted octanol–water partition coefficient (Wildman–Crippen LogP) is 2.16. The number of carbonyl (C=O) groups excluding carboxylic acids is 1. The van der Waals surface area contributed by atoms with Gasteiger partial charge in [0.1, 0.15) is 10.7 Å². The Bertz CT molecular complexity index is 653. The molecule has 0 saturated carbocycles. The zero-order chi connectivity index (χ0) is 14.0. The maximum Gasteiger partial charge on any atom is 0.433 e. The van der Waals surface area contributed by atoms with Crippen LogP contribution >= 0.6 is 0 Å². The Labute approximate surface area is 106 Å². The van der Waals surface area contributed by atoms with Gasteiger partial charge in [0.15, 0.2) is 5.76 Å². The lowest BCUT2D eigenvalue weighted by molar-refractivity contribution is -0.402. The summed E-state index contributed by atoms with van der Waals surface area (Å²) in [5.41, 5.74) is 5.59. The lowest BCUT2D eigenvalue weighted by Crippen LogP contribution is -2.12. The number of anilines is 2. The Morgan fingerprint density at radius 2 is 2.11 bits per heavy atom. The number of nitro groups is 1. The summed E-state index contributed by atoms with van der Waals surface area (Å²) in [5.74, 6) is -2.35. The van der Waals surface area contributed by atoms with Crippen LogP contribution in [0.15, 0.2) is 34.7 Å². The smallest absolute Gasteiger partial charge is 0.399 e. The average molecular weight is 265 g/mol. The topological polar surface area (TPSA) is 111 Å². The molecule has 0 aliphatic heterocycles. The quantitative estimate of drug-likeness (QED) is 0.501. The Hall–Kier alpha value is -2.90. The summed E-state index contributed by atoms with van der Waals surface area (Å²) in [4.78, 5) is 21.3. The molecule has 0 radical (unpaired) electrons. The fourth-order valence-corrected chi connectivity index (χ4v) is 1.37. The number of nitrogen functional groups attached to an aromatic ring is 1. The van der Waals surface area contributed by atoms with E-state index in [1.54, 1.807) is 0 Å². The second kappa shape index (κ2) is 4.77. The summed E-state index contributed by atoms with van der Waals surface area (Å²) in [5, 5.41) is 12.6. The highest BCUT2D eigenvalue weighted by molar-refractivity contribution is 6.02. The van der Waals surface area contributed by atoms with E-state index in [1.165, 1.54) is 12.1 Å². The summed E-state index contributed by atoms with van der Waals surface area (Å²) >= 11 is 0. The highest BCUT2D eigenvalue weighted by atomic mass is 19.1. The summed E-state index contributed by atoms with van der Waals surface area (Å²) in [6, 6.07) is 5.81. The van der Waals surface area contributed by atoms with Crippen molar-refractivity contribution in [2.75, 3.05) is 11.1 Å². The maximum atomic E-state index is 13.4. The minimum Gasteiger partial charge on any atom is -0.399 e. The van der Waals surface area contributed by atoms with Gasteiger partial charge in [-0.05, 0) is 24.3 Å². The first-order valence-electron chi connectivity index (χ1n) is 5.08. The fraction of sp³-hybridized carbons (Fsp3) is 0. The van der Waals surface area contributed by atoms with E-state index >= 15 is 0 Å². The molecule has 0 saturated heterocycles. The minimum atomic E-state index is -0.808. The molecular formula is C11H8FN3O4. The second-order valence-electron chi connectivity index (χ2n) is 3.59. The van der Waals surface area contributed by atoms with Crippen LogP contribution < -0.4 is 11.1 Å². The predicted molar refractivity (Wildman–Crippen MR) is 64.1 cm³/mol. The molecule has 8 heteroatoms. The Kier molecular flexibility index (Phi) is 3.15. The standard InChI is InChI=1S/C11H8FN3O4/c12-7-2-1-6(13)5-8(7)14-11(16)9-3-4-10(19-9)15(17)18/h1-5H,13H2,(H,14,16). The first kappa shape index (κ1) is 12.6. The van der Waals surface area contributed by atoms with Gasteiger partial charge in [-0.2, -0.15) is 0 Å². The third kappa shape index (κ3) is 2.68. The summed E-state index contributed by atoms with van der Waals surface area (Å²) < 4.78 is 18.1. The second-order valence-corrected chi connectivity index (χ2v) is 3.59. The number of rotatable bonds is 3. The van der Waals surface area contributed by atoms with E-state index in [1.807, 2.05) is 0 Å². The largest absolute Gasteiger partial charge is 0.433 e. The van der Waals surface area contributed by atoms with E-state index in [9.17, 15) is 19.3 Å². The van der Waals surface area contributed by atoms with Crippen LogP contribution in [0.4, 0.5) is 21.6 Å². The van der Waals surface area contributed by atoms with E-state index in [4.69, 9.17) is 5.73 Å². The van der Waals surface area contributed by atoms with Gasteiger partial charge < -0.3 is 15.5 Å². The summed E-state index contributed by atoms with van der Waals surface area (Å²) in [6.45, 7) is 0. The van der Waals surface area contributed by atoms with E-state index in [-0.39, 0.29) is 17.1 Å². The van der Waals surface area contributed by atoms with Crippen molar-refractivity contribution in [2.24, 2.45) is 0 Å². The third-order valence-corrected chi connectivity index (χ3v) is 2.23. The molecule has 0 unspecified atom stereocenters. The number of carbonyl (C=O) groups is 1. The number of halogens is 1. The van der Waals surface area contributed by atoms with Crippen molar-refractivity contribution in [2.45, 2.75) is 0 Å². The molecule has 0 aliphatic rings. The molecule has 1 amide bonds. The molecule has 1 aromatic carbocycles. The van der Waals surface area contributed by atoms with Gasteiger partial charge in [0.05, 0.1) is 11.8 Å². The molecule has 0 atom stereocenters. The monoisotopic (exact) mass is 265 g/mol. The summed E-state index contributed by atoms with van der Waals surface area (Å²) in [6.07, 6.45) is 0. The van der Waals surface area contributed by atoms with Crippen LogP contribution in [0.1, 0.15) is 10.6 Å². The number of amides is 1. The zero-order valence-electron chi connectivity index (χ0n) is 9.42. The molecule has 98 valence electrons. The lowest BCUT2D eigenvalue weighted by Gasteiger charge is -2.05. The Morgan fingerprint density at radius 1 is 1.37 bits per heavy atom. The SMILES string of the molecule is Nc1ccc(F)c(NC(=O)c2ccc([N+](=O)[O-])o2)c1. The van der Waals surface area contributed by atoms with Crippen LogP contribution in [-0.2, 0) is 0 Å². The molecule has 0 aliphatic carbocycles. The minimum absolute atomic E-state index is 0.135. The highest BCUT2D eigenvalue weighted by Gasteiger charge is 2.18. The van der Waals surface area contributed by atoms with Crippen LogP contribution in [0.25, 0.3) is 0 Å². The van der Waals surface area contributed by atoms with Gasteiger partial charge in [-0.1, -0.05) is 0 Å². The molecule has 0 fully saturated rings. The van der Waals surface area contributed by atoms with Crippen molar-refractivity contribution >= 4 is 23.2 Å². The van der Waals surface area contributed by atoms with Crippen LogP contribution in [-0.4, -0.2) is 10.8 Å². The van der Waals surface area contributed by atoms with E-state index in [0.717, 1.165) is 18.2 Å². The van der Waals surface area contributed by atoms with Gasteiger partial charge in [-0.15, -0.1) is 0 Å². The number of benzene rings is 1. The molecule has 7 nitrogen and oxygen atoms in total. The summed E-state index contributed by atoms with van der Waals surface area (Å²) in [7, 11) is 0. The fourth-order valence-electron chi connectivity index (χ4n) is 1.37. The van der Waals surface area contributed by atoms with Gasteiger partial charge in [0.25, 0.3) is 5.91 Å². The van der Waals surface area contributed by atoms with E-state index in [0.29, 0.717) is 0 Å². The normalized spacial score (nSPS) is 10.2. The van der Waals surface area contributed by atoms with Gasteiger partial charge in [0.2, 0.25) is 0 Å². The lowest BCUT2D eigenvalue weighted by atomic mass is 10.2. The Balaban J connectivity index is 2.20. The van der Waals surface area contributed by atoms with Crippen molar-refractivity contribution in [3.8, 4) is 0 Å². The Morgan fingerprint density at radius 3 is 2.74 bits per heavy atom. The van der Waals surface area contributed by atoms with Crippen molar-refractivity contribution in [3.05, 3.63) is 52.0 Å². The molecular weight excluding hydrogens is 257 g/mol. The van der Waals surface area contributed by atoms with Gasteiger partial charge >= 0.3 is 5.88 Å². The van der Waals surface area contributed by atoms with Crippen molar-refractivity contribution in [3.63, 3.8) is 0 Å². The zero-order valence-corrected chi connectivity index (χ0v) is 9.42. The van der Waals surface area contributed by atoms with Crippen LogP contribution in [0, 0.1) is 15.9 Å².